The molecular formula is C18H21N3O4S2. The lowest BCUT2D eigenvalue weighted by Crippen LogP contribution is -2.41. The van der Waals surface area contributed by atoms with Crippen molar-refractivity contribution in [3.63, 3.8) is 0 Å². The third-order valence-corrected chi connectivity index (χ3v) is 6.08. The number of carbonyl (C=O) groups is 2. The summed E-state index contributed by atoms with van der Waals surface area (Å²) in [4.78, 5) is 26.2. The Morgan fingerprint density at radius 2 is 1.59 bits per heavy atom. The van der Waals surface area contributed by atoms with Crippen LogP contribution >= 0.6 is 11.8 Å². The van der Waals surface area contributed by atoms with E-state index in [4.69, 9.17) is 0 Å². The summed E-state index contributed by atoms with van der Waals surface area (Å²) in [5.41, 5.74) is 0.507. The van der Waals surface area contributed by atoms with Crippen molar-refractivity contribution in [2.45, 2.75) is 22.8 Å². The third-order valence-electron chi connectivity index (χ3n) is 3.47. The van der Waals surface area contributed by atoms with Crippen molar-refractivity contribution in [1.82, 2.24) is 9.62 Å². The summed E-state index contributed by atoms with van der Waals surface area (Å²) < 4.78 is 26.9. The van der Waals surface area contributed by atoms with Gasteiger partial charge in [0.1, 0.15) is 0 Å². The predicted molar refractivity (Wildman–Crippen MR) is 106 cm³/mol. The smallest absolute Gasteiger partial charge is 0.285 e. The van der Waals surface area contributed by atoms with Crippen LogP contribution in [0.5, 0.6) is 0 Å². The summed E-state index contributed by atoms with van der Waals surface area (Å²) in [7, 11) is -0.445. The summed E-state index contributed by atoms with van der Waals surface area (Å²) in [5.74, 6) is -0.487. The molecule has 0 aliphatic rings. The number of hydrogen-bond acceptors (Lipinski definition) is 5. The third kappa shape index (κ3) is 6.09. The highest BCUT2D eigenvalue weighted by molar-refractivity contribution is 8.13. The summed E-state index contributed by atoms with van der Waals surface area (Å²) in [6.07, 6.45) is 0. The van der Waals surface area contributed by atoms with Gasteiger partial charge in [0, 0.05) is 24.7 Å². The number of thioether (sulfide) groups is 1. The van der Waals surface area contributed by atoms with Gasteiger partial charge in [-0.3, -0.25) is 9.59 Å². The van der Waals surface area contributed by atoms with Gasteiger partial charge in [-0.25, -0.2) is 8.42 Å². The van der Waals surface area contributed by atoms with Crippen molar-refractivity contribution in [3.8, 4) is 0 Å². The zero-order valence-electron chi connectivity index (χ0n) is 15.2. The number of anilines is 1. The van der Waals surface area contributed by atoms with Gasteiger partial charge in [-0.05, 0) is 55.1 Å². The van der Waals surface area contributed by atoms with Crippen LogP contribution in [0.3, 0.4) is 0 Å². The lowest BCUT2D eigenvalue weighted by atomic mass is 10.3. The van der Waals surface area contributed by atoms with Gasteiger partial charge in [0.05, 0.1) is 10.9 Å². The van der Waals surface area contributed by atoms with E-state index < -0.39 is 22.0 Å². The summed E-state index contributed by atoms with van der Waals surface area (Å²) in [5, 5.41) is 2.55. The van der Waals surface area contributed by atoms with E-state index in [0.29, 0.717) is 5.69 Å². The van der Waals surface area contributed by atoms with Crippen LogP contribution in [0.1, 0.15) is 6.92 Å². The molecule has 0 radical (unpaired) electrons. The largest absolute Gasteiger partial charge is 0.339 e. The Morgan fingerprint density at radius 1 is 1.00 bits per heavy atom. The standard InChI is InChI=1S/C18H21N3O4S2/c1-13(20-27(24,25)16-7-5-4-6-8-16)17(22)19-14-9-11-15(12-10-14)26-18(23)21(2)3/h4-13,20H,1-3H3,(H,19,22)/t13-/m0/s1. The molecule has 7 nitrogen and oxygen atoms in total. The van der Waals surface area contributed by atoms with E-state index in [0.717, 1.165) is 16.7 Å². The normalized spacial score (nSPS) is 12.3. The molecule has 0 unspecified atom stereocenters. The summed E-state index contributed by atoms with van der Waals surface area (Å²) >= 11 is 1.07. The quantitative estimate of drug-likeness (QED) is 0.718. The van der Waals surface area contributed by atoms with Gasteiger partial charge in [0.2, 0.25) is 15.9 Å². The molecule has 0 fully saturated rings. The Hall–Kier alpha value is -2.36. The van der Waals surface area contributed by atoms with E-state index in [1.54, 1.807) is 56.6 Å². The molecule has 0 saturated carbocycles. The number of nitrogens with one attached hydrogen (secondary N) is 2. The summed E-state index contributed by atoms with van der Waals surface area (Å²) in [6.45, 7) is 1.47. The zero-order valence-corrected chi connectivity index (χ0v) is 16.8. The Bertz CT molecular complexity index is 898. The lowest BCUT2D eigenvalue weighted by molar-refractivity contribution is -0.117. The molecule has 2 N–H and O–H groups in total. The first kappa shape index (κ1) is 20.9. The second-order valence-electron chi connectivity index (χ2n) is 5.93. The maximum Gasteiger partial charge on any atom is 0.285 e. The van der Waals surface area contributed by atoms with Crippen LogP contribution in [0.4, 0.5) is 10.5 Å². The Morgan fingerprint density at radius 3 is 2.15 bits per heavy atom. The van der Waals surface area contributed by atoms with Crippen molar-refractivity contribution in [2.24, 2.45) is 0 Å². The highest BCUT2D eigenvalue weighted by Crippen LogP contribution is 2.22. The minimum atomic E-state index is -3.78. The SMILES string of the molecule is C[C@H](NS(=O)(=O)c1ccccc1)C(=O)Nc1ccc(SC(=O)N(C)C)cc1. The van der Waals surface area contributed by atoms with Gasteiger partial charge in [-0.1, -0.05) is 18.2 Å². The molecular weight excluding hydrogens is 386 g/mol. The van der Waals surface area contributed by atoms with Crippen molar-refractivity contribution in [1.29, 1.82) is 0 Å². The average Bonchev–Trinajstić information content (AvgIpc) is 2.63. The van der Waals surface area contributed by atoms with Gasteiger partial charge >= 0.3 is 0 Å². The fourth-order valence-corrected chi connectivity index (χ4v) is 3.88. The van der Waals surface area contributed by atoms with Gasteiger partial charge < -0.3 is 10.2 Å². The molecule has 2 aromatic carbocycles. The van der Waals surface area contributed by atoms with Gasteiger partial charge in [-0.2, -0.15) is 4.72 Å². The number of carbonyl (C=O) groups excluding carboxylic acids is 2. The summed E-state index contributed by atoms with van der Waals surface area (Å²) in [6, 6.07) is 13.6. The highest BCUT2D eigenvalue weighted by atomic mass is 32.2. The Labute approximate surface area is 163 Å². The molecule has 144 valence electrons. The first-order valence-electron chi connectivity index (χ1n) is 8.06. The molecule has 0 bridgehead atoms. The van der Waals surface area contributed by atoms with E-state index in [1.807, 2.05) is 0 Å². The van der Waals surface area contributed by atoms with E-state index in [1.165, 1.54) is 24.0 Å². The second kappa shape index (κ2) is 9.03. The molecule has 0 aliphatic heterocycles. The molecule has 27 heavy (non-hydrogen) atoms. The number of hydrogen-bond donors (Lipinski definition) is 2. The number of rotatable bonds is 6. The molecule has 0 aliphatic carbocycles. The van der Waals surface area contributed by atoms with Crippen LogP contribution in [0, 0.1) is 0 Å². The fourth-order valence-electron chi connectivity index (χ4n) is 2.00. The van der Waals surface area contributed by atoms with E-state index in [-0.39, 0.29) is 10.1 Å². The van der Waals surface area contributed by atoms with Crippen molar-refractivity contribution in [3.05, 3.63) is 54.6 Å². The molecule has 2 amide bonds. The van der Waals surface area contributed by atoms with Crippen LogP contribution in [0.2, 0.25) is 0 Å². The van der Waals surface area contributed by atoms with Crippen LogP contribution in [0.25, 0.3) is 0 Å². The fraction of sp³-hybridized carbons (Fsp3) is 0.222. The molecule has 2 rings (SSSR count). The van der Waals surface area contributed by atoms with Crippen LogP contribution < -0.4 is 10.0 Å². The van der Waals surface area contributed by atoms with Crippen LogP contribution in [-0.4, -0.2) is 44.6 Å². The topological polar surface area (TPSA) is 95.6 Å². The number of amides is 2. The predicted octanol–water partition coefficient (Wildman–Crippen LogP) is 2.77. The minimum Gasteiger partial charge on any atom is -0.339 e. The van der Waals surface area contributed by atoms with Crippen molar-refractivity contribution in [2.75, 3.05) is 19.4 Å². The van der Waals surface area contributed by atoms with Crippen LogP contribution in [-0.2, 0) is 14.8 Å². The zero-order chi connectivity index (χ0) is 20.0. The Kier molecular flexibility index (Phi) is 7.00. The maximum atomic E-state index is 12.3. The average molecular weight is 408 g/mol. The molecule has 9 heteroatoms. The number of benzene rings is 2. The first-order valence-corrected chi connectivity index (χ1v) is 10.4. The molecule has 1 atom stereocenters. The van der Waals surface area contributed by atoms with Crippen molar-refractivity contribution < 1.29 is 18.0 Å². The molecule has 2 aromatic rings. The molecule has 0 saturated heterocycles. The van der Waals surface area contributed by atoms with Gasteiger partial charge in [0.15, 0.2) is 0 Å². The van der Waals surface area contributed by atoms with E-state index in [2.05, 4.69) is 10.0 Å². The van der Waals surface area contributed by atoms with Gasteiger partial charge in [-0.15, -0.1) is 0 Å². The Balaban J connectivity index is 1.97. The second-order valence-corrected chi connectivity index (χ2v) is 8.67. The minimum absolute atomic E-state index is 0.0941. The van der Waals surface area contributed by atoms with Crippen molar-refractivity contribution >= 4 is 38.6 Å². The first-order chi connectivity index (χ1) is 12.7. The highest BCUT2D eigenvalue weighted by Gasteiger charge is 2.21. The monoisotopic (exact) mass is 407 g/mol. The molecule has 0 heterocycles. The van der Waals surface area contributed by atoms with Gasteiger partial charge in [0.25, 0.3) is 5.24 Å². The number of nitrogens with zero attached hydrogens (tertiary/aromatic N) is 1. The molecule has 0 aromatic heterocycles. The van der Waals surface area contributed by atoms with E-state index >= 15 is 0 Å². The lowest BCUT2D eigenvalue weighted by Gasteiger charge is -2.15. The number of sulfonamides is 1. The van der Waals surface area contributed by atoms with Crippen LogP contribution in [0.15, 0.2) is 64.4 Å². The molecule has 0 spiro atoms. The maximum absolute atomic E-state index is 12.3. The van der Waals surface area contributed by atoms with E-state index in [9.17, 15) is 18.0 Å².